The van der Waals surface area contributed by atoms with Gasteiger partial charge in [0.2, 0.25) is 5.75 Å². The number of esters is 1. The van der Waals surface area contributed by atoms with Gasteiger partial charge in [-0.2, -0.15) is 5.26 Å². The van der Waals surface area contributed by atoms with Crippen LogP contribution in [0.2, 0.25) is 0 Å². The molecule has 0 fully saturated rings. The molecule has 0 atom stereocenters. The lowest BCUT2D eigenvalue weighted by molar-refractivity contribution is -0.142. The number of hydrogen-bond donors (Lipinski definition) is 1. The molecule has 0 saturated heterocycles. The zero-order chi connectivity index (χ0) is 20.5. The molecule has 0 aliphatic heterocycles. The fraction of sp³-hybridized carbons (Fsp3) is 0.211. The van der Waals surface area contributed by atoms with Crippen LogP contribution in [0.15, 0.2) is 29.7 Å². The van der Waals surface area contributed by atoms with Crippen LogP contribution in [-0.4, -0.2) is 39.8 Å². The van der Waals surface area contributed by atoms with Crippen LogP contribution in [0.5, 0.6) is 17.2 Å². The van der Waals surface area contributed by atoms with Crippen LogP contribution >= 0.6 is 11.3 Å². The van der Waals surface area contributed by atoms with E-state index in [1.165, 1.54) is 44.8 Å². The summed E-state index contributed by atoms with van der Waals surface area (Å²) in [6.07, 6.45) is 2.68. The first-order valence-corrected chi connectivity index (χ1v) is 8.82. The van der Waals surface area contributed by atoms with Gasteiger partial charge in [-0.15, -0.1) is 11.3 Å². The maximum atomic E-state index is 11.9. The lowest BCUT2D eigenvalue weighted by Gasteiger charge is -2.12. The Hall–Kier alpha value is -3.51. The second-order valence-electron chi connectivity index (χ2n) is 5.22. The molecule has 8 nitrogen and oxygen atoms in total. The van der Waals surface area contributed by atoms with Gasteiger partial charge in [0, 0.05) is 6.08 Å². The van der Waals surface area contributed by atoms with E-state index < -0.39 is 18.5 Å². The van der Waals surface area contributed by atoms with Gasteiger partial charge in [0.15, 0.2) is 18.1 Å². The summed E-state index contributed by atoms with van der Waals surface area (Å²) in [4.78, 5) is 23.7. The first-order valence-electron chi connectivity index (χ1n) is 7.94. The molecule has 0 aliphatic carbocycles. The Morgan fingerprint density at radius 3 is 2.43 bits per heavy atom. The second kappa shape index (κ2) is 9.99. The van der Waals surface area contributed by atoms with Crippen molar-refractivity contribution in [2.24, 2.45) is 0 Å². The Morgan fingerprint density at radius 1 is 1.18 bits per heavy atom. The maximum absolute atomic E-state index is 11.9. The number of thiophene rings is 1. The first-order chi connectivity index (χ1) is 13.5. The molecule has 1 aromatic carbocycles. The molecule has 0 bridgehead atoms. The zero-order valence-electron chi connectivity index (χ0n) is 15.5. The number of amides is 1. The molecule has 28 heavy (non-hydrogen) atoms. The number of rotatable bonds is 8. The summed E-state index contributed by atoms with van der Waals surface area (Å²) in [5.41, 5.74) is 0.972. The highest BCUT2D eigenvalue weighted by molar-refractivity contribution is 7.14. The zero-order valence-corrected chi connectivity index (χ0v) is 16.3. The summed E-state index contributed by atoms with van der Waals surface area (Å²) < 4.78 is 20.6. The highest BCUT2D eigenvalue weighted by Crippen LogP contribution is 2.38. The van der Waals surface area contributed by atoms with E-state index in [0.717, 1.165) is 0 Å². The quantitative estimate of drug-likeness (QED) is 0.534. The van der Waals surface area contributed by atoms with Gasteiger partial charge in [-0.25, -0.2) is 4.79 Å². The van der Waals surface area contributed by atoms with Gasteiger partial charge >= 0.3 is 5.97 Å². The van der Waals surface area contributed by atoms with E-state index in [1.54, 1.807) is 23.6 Å². The van der Waals surface area contributed by atoms with Gasteiger partial charge in [0.25, 0.3) is 5.91 Å². The lowest BCUT2D eigenvalue weighted by Crippen LogP contribution is -2.20. The molecule has 2 rings (SSSR count). The summed E-state index contributed by atoms with van der Waals surface area (Å²) in [6, 6.07) is 6.88. The number of benzene rings is 1. The fourth-order valence-electron chi connectivity index (χ4n) is 2.20. The number of nitrogens with zero attached hydrogens (tertiary/aromatic N) is 1. The van der Waals surface area contributed by atoms with Gasteiger partial charge in [-0.05, 0) is 35.2 Å². The van der Waals surface area contributed by atoms with Crippen LogP contribution in [0.1, 0.15) is 11.1 Å². The van der Waals surface area contributed by atoms with Crippen LogP contribution in [0, 0.1) is 11.3 Å². The number of anilines is 1. The van der Waals surface area contributed by atoms with E-state index in [9.17, 15) is 9.59 Å². The number of ether oxygens (including phenoxy) is 4. The Labute approximate surface area is 165 Å². The molecule has 1 heterocycles. The summed E-state index contributed by atoms with van der Waals surface area (Å²) in [5.74, 6) is 0.0905. The Balaban J connectivity index is 1.96. The Bertz CT molecular complexity index is 904. The molecular formula is C19H18N2O6S. The second-order valence-corrected chi connectivity index (χ2v) is 6.14. The minimum absolute atomic E-state index is 0.354. The molecule has 0 radical (unpaired) electrons. The van der Waals surface area contributed by atoms with Crippen molar-refractivity contribution < 1.29 is 28.5 Å². The van der Waals surface area contributed by atoms with Crippen molar-refractivity contribution in [3.63, 3.8) is 0 Å². The van der Waals surface area contributed by atoms with Crippen LogP contribution in [0.4, 0.5) is 5.00 Å². The van der Waals surface area contributed by atoms with E-state index in [0.29, 0.717) is 33.4 Å². The van der Waals surface area contributed by atoms with E-state index in [2.05, 4.69) is 5.32 Å². The maximum Gasteiger partial charge on any atom is 0.331 e. The fourth-order valence-corrected chi connectivity index (χ4v) is 2.96. The summed E-state index contributed by atoms with van der Waals surface area (Å²) in [6.45, 7) is -0.471. The van der Waals surface area contributed by atoms with E-state index >= 15 is 0 Å². The predicted molar refractivity (Wildman–Crippen MR) is 104 cm³/mol. The van der Waals surface area contributed by atoms with Crippen molar-refractivity contribution >= 4 is 34.3 Å². The molecule has 0 unspecified atom stereocenters. The monoisotopic (exact) mass is 402 g/mol. The van der Waals surface area contributed by atoms with Crippen molar-refractivity contribution in [3.8, 4) is 23.3 Å². The molecule has 0 saturated carbocycles. The highest BCUT2D eigenvalue weighted by Gasteiger charge is 2.13. The number of methoxy groups -OCH3 is 3. The van der Waals surface area contributed by atoms with Crippen molar-refractivity contribution in [3.05, 3.63) is 40.8 Å². The molecule has 0 spiro atoms. The molecule has 1 N–H and O–H groups in total. The highest BCUT2D eigenvalue weighted by atomic mass is 32.1. The molecule has 1 amide bonds. The van der Waals surface area contributed by atoms with E-state index in [-0.39, 0.29) is 0 Å². The number of nitriles is 1. The number of hydrogen-bond acceptors (Lipinski definition) is 8. The third-order valence-corrected chi connectivity index (χ3v) is 4.31. The average Bonchev–Trinajstić information content (AvgIpc) is 3.16. The van der Waals surface area contributed by atoms with Crippen LogP contribution in [0.25, 0.3) is 6.08 Å². The topological polar surface area (TPSA) is 107 Å². The molecule has 146 valence electrons. The van der Waals surface area contributed by atoms with E-state index in [4.69, 9.17) is 24.2 Å². The van der Waals surface area contributed by atoms with Crippen molar-refractivity contribution in [1.82, 2.24) is 0 Å². The normalized spacial score (nSPS) is 10.2. The third kappa shape index (κ3) is 5.25. The lowest BCUT2D eigenvalue weighted by atomic mass is 10.1. The Kier molecular flexibility index (Phi) is 7.42. The van der Waals surface area contributed by atoms with Gasteiger partial charge in [0.05, 0.1) is 26.9 Å². The van der Waals surface area contributed by atoms with Crippen LogP contribution in [-0.2, 0) is 14.3 Å². The van der Waals surface area contributed by atoms with Crippen molar-refractivity contribution in [2.75, 3.05) is 33.3 Å². The SMILES string of the molecule is COc1cc(/C=C/C(=O)OCC(=O)Nc2sccc2C#N)cc(OC)c1OC. The number of carbonyl (C=O) groups excluding carboxylic acids is 2. The molecule has 1 aromatic heterocycles. The summed E-state index contributed by atoms with van der Waals surface area (Å²) >= 11 is 1.21. The molecular weight excluding hydrogens is 384 g/mol. The van der Waals surface area contributed by atoms with Gasteiger partial charge in [0.1, 0.15) is 11.1 Å². The largest absolute Gasteiger partial charge is 0.493 e. The predicted octanol–water partition coefficient (Wildman–Crippen LogP) is 2.84. The molecule has 9 heteroatoms. The number of nitrogens with one attached hydrogen (secondary N) is 1. The minimum Gasteiger partial charge on any atom is -0.493 e. The molecule has 0 aliphatic rings. The average molecular weight is 402 g/mol. The molecule has 2 aromatic rings. The van der Waals surface area contributed by atoms with Crippen LogP contribution in [0.3, 0.4) is 0 Å². The number of carbonyl (C=O) groups is 2. The van der Waals surface area contributed by atoms with Crippen molar-refractivity contribution in [1.29, 1.82) is 5.26 Å². The van der Waals surface area contributed by atoms with Gasteiger partial charge in [-0.1, -0.05) is 0 Å². The van der Waals surface area contributed by atoms with Crippen LogP contribution < -0.4 is 19.5 Å². The van der Waals surface area contributed by atoms with Crippen molar-refractivity contribution in [2.45, 2.75) is 0 Å². The standard InChI is InChI=1S/C19H18N2O6S/c1-24-14-8-12(9-15(25-2)18(14)26-3)4-5-17(23)27-11-16(22)21-19-13(10-20)6-7-28-19/h4-9H,11H2,1-3H3,(H,21,22)/b5-4+. The third-order valence-electron chi connectivity index (χ3n) is 3.48. The minimum atomic E-state index is -0.699. The van der Waals surface area contributed by atoms with Gasteiger partial charge in [-0.3, -0.25) is 4.79 Å². The van der Waals surface area contributed by atoms with Gasteiger partial charge < -0.3 is 24.3 Å². The van der Waals surface area contributed by atoms with E-state index in [1.807, 2.05) is 6.07 Å². The summed E-state index contributed by atoms with van der Waals surface area (Å²) in [5, 5.41) is 13.5. The Morgan fingerprint density at radius 2 is 1.86 bits per heavy atom. The first kappa shape index (κ1) is 20.8. The smallest absolute Gasteiger partial charge is 0.331 e. The summed E-state index contributed by atoms with van der Waals surface area (Å²) in [7, 11) is 4.47.